The molecule has 3 aromatic carbocycles. The zero-order valence-electron chi connectivity index (χ0n) is 17.0. The van der Waals surface area contributed by atoms with Gasteiger partial charge in [-0.3, -0.25) is 0 Å². The highest BCUT2D eigenvalue weighted by molar-refractivity contribution is 7.89. The van der Waals surface area contributed by atoms with Crippen LogP contribution in [0.5, 0.6) is 0 Å². The van der Waals surface area contributed by atoms with E-state index in [1.165, 1.54) is 0 Å². The molecule has 0 radical (unpaired) electrons. The largest absolute Gasteiger partial charge is 0.243 e. The number of hydrogen-bond donors (Lipinski definition) is 0. The van der Waals surface area contributed by atoms with Crippen LogP contribution in [0, 0.1) is 6.92 Å². The van der Waals surface area contributed by atoms with E-state index in [2.05, 4.69) is 6.08 Å². The Morgan fingerprint density at radius 1 is 0.833 bits per heavy atom. The van der Waals surface area contributed by atoms with Crippen molar-refractivity contribution in [1.29, 1.82) is 0 Å². The van der Waals surface area contributed by atoms with E-state index in [9.17, 15) is 8.42 Å². The fourth-order valence-corrected chi connectivity index (χ4v) is 5.31. The molecule has 0 fully saturated rings. The number of sulfonamides is 1. The van der Waals surface area contributed by atoms with Gasteiger partial charge in [0.1, 0.15) is 0 Å². The molecule has 1 aliphatic rings. The lowest BCUT2D eigenvalue weighted by Crippen LogP contribution is -2.38. The molecule has 1 aliphatic heterocycles. The third-order valence-electron chi connectivity index (χ3n) is 5.39. The molecule has 0 saturated heterocycles. The van der Waals surface area contributed by atoms with Crippen molar-refractivity contribution in [3.63, 3.8) is 0 Å². The highest BCUT2D eigenvalue weighted by atomic mass is 32.2. The Labute approximate surface area is 179 Å². The van der Waals surface area contributed by atoms with Crippen LogP contribution < -0.4 is 0 Å². The fraction of sp³-hybridized carbons (Fsp3) is 0.154. The van der Waals surface area contributed by atoms with E-state index in [1.54, 1.807) is 16.4 Å². The van der Waals surface area contributed by atoms with Crippen molar-refractivity contribution >= 4 is 16.1 Å². The van der Waals surface area contributed by atoms with Crippen LogP contribution in [-0.2, 0) is 10.0 Å². The normalized spacial score (nSPS) is 17.8. The summed E-state index contributed by atoms with van der Waals surface area (Å²) in [5.41, 5.74) is 4.15. The predicted molar refractivity (Wildman–Crippen MR) is 122 cm³/mol. The number of aryl methyl sites for hydroxylation is 1. The number of benzene rings is 3. The number of nitrogens with zero attached hydrogens (tertiary/aromatic N) is 1. The van der Waals surface area contributed by atoms with Crippen LogP contribution in [0.1, 0.15) is 29.2 Å². The van der Waals surface area contributed by atoms with E-state index in [0.717, 1.165) is 22.3 Å². The van der Waals surface area contributed by atoms with Gasteiger partial charge in [-0.15, -0.1) is 0 Å². The molecule has 30 heavy (non-hydrogen) atoms. The lowest BCUT2D eigenvalue weighted by molar-refractivity contribution is 0.333. The standard InChI is InChI=1S/C26H25NO2S/c1-21-12-17-25(18-13-21)30(28,29)27-20-23(15-14-22-8-4-2-5-9-22)16-19-26(27)24-10-6-3-7-11-24/h2-18,26H,19-20H2,1H3/b15-14+. The van der Waals surface area contributed by atoms with Crippen molar-refractivity contribution in [3.8, 4) is 0 Å². The van der Waals surface area contributed by atoms with Gasteiger partial charge in [-0.1, -0.05) is 96.6 Å². The Hall–Kier alpha value is -2.95. The summed E-state index contributed by atoms with van der Waals surface area (Å²) in [4.78, 5) is 0.335. The number of rotatable bonds is 5. The van der Waals surface area contributed by atoms with Crippen molar-refractivity contribution in [3.05, 3.63) is 119 Å². The maximum Gasteiger partial charge on any atom is 0.243 e. The third-order valence-corrected chi connectivity index (χ3v) is 7.26. The summed E-state index contributed by atoms with van der Waals surface area (Å²) >= 11 is 0. The quantitative estimate of drug-likeness (QED) is 0.530. The molecule has 3 nitrogen and oxygen atoms in total. The maximum absolute atomic E-state index is 13.6. The molecule has 0 aliphatic carbocycles. The zero-order chi connectivity index (χ0) is 21.0. The topological polar surface area (TPSA) is 37.4 Å². The minimum atomic E-state index is -3.63. The fourth-order valence-electron chi connectivity index (χ4n) is 3.70. The molecule has 0 amide bonds. The van der Waals surface area contributed by atoms with E-state index in [1.807, 2.05) is 91.9 Å². The first-order chi connectivity index (χ1) is 14.5. The molecule has 4 heteroatoms. The van der Waals surface area contributed by atoms with Gasteiger partial charge in [-0.2, -0.15) is 4.31 Å². The molecule has 4 rings (SSSR count). The van der Waals surface area contributed by atoms with Crippen LogP contribution in [0.4, 0.5) is 0 Å². The van der Waals surface area contributed by atoms with Crippen LogP contribution >= 0.6 is 0 Å². The predicted octanol–water partition coefficient (Wildman–Crippen LogP) is 5.77. The van der Waals surface area contributed by atoms with Gasteiger partial charge in [0.25, 0.3) is 0 Å². The second-order valence-corrected chi connectivity index (χ2v) is 9.44. The summed E-state index contributed by atoms with van der Waals surface area (Å²) in [6.45, 7) is 2.30. The van der Waals surface area contributed by atoms with E-state index in [4.69, 9.17) is 0 Å². The Balaban J connectivity index is 1.69. The summed E-state index contributed by atoms with van der Waals surface area (Å²) in [5.74, 6) is 0. The Bertz CT molecular complexity index is 1150. The van der Waals surface area contributed by atoms with Gasteiger partial charge in [0, 0.05) is 6.54 Å². The first kappa shape index (κ1) is 20.3. The third kappa shape index (κ3) is 4.45. The van der Waals surface area contributed by atoms with Gasteiger partial charge in [0.2, 0.25) is 10.0 Å². The molecule has 3 aromatic rings. The first-order valence-electron chi connectivity index (χ1n) is 10.1. The van der Waals surface area contributed by atoms with E-state index >= 15 is 0 Å². The molecule has 152 valence electrons. The van der Waals surface area contributed by atoms with Gasteiger partial charge in [0.15, 0.2) is 0 Å². The SMILES string of the molecule is Cc1ccc(S(=O)(=O)N2CC(/C=C/c3ccccc3)=CCC2c2ccccc2)cc1. The molecule has 0 spiro atoms. The van der Waals surface area contributed by atoms with Crippen molar-refractivity contribution in [2.24, 2.45) is 0 Å². The van der Waals surface area contributed by atoms with Gasteiger partial charge >= 0.3 is 0 Å². The molecule has 0 saturated carbocycles. The lowest BCUT2D eigenvalue weighted by atomic mass is 9.98. The van der Waals surface area contributed by atoms with Crippen LogP contribution in [0.3, 0.4) is 0 Å². The van der Waals surface area contributed by atoms with Crippen LogP contribution in [0.2, 0.25) is 0 Å². The second kappa shape index (κ2) is 8.82. The first-order valence-corrected chi connectivity index (χ1v) is 11.5. The van der Waals surface area contributed by atoms with Crippen LogP contribution in [0.25, 0.3) is 6.08 Å². The average Bonchev–Trinajstić information content (AvgIpc) is 2.79. The highest BCUT2D eigenvalue weighted by Gasteiger charge is 2.34. The van der Waals surface area contributed by atoms with Gasteiger partial charge in [-0.05, 0) is 42.2 Å². The molecule has 1 atom stereocenters. The Morgan fingerprint density at radius 3 is 2.13 bits per heavy atom. The van der Waals surface area contributed by atoms with E-state index in [0.29, 0.717) is 17.9 Å². The molecular formula is C26H25NO2S. The average molecular weight is 416 g/mol. The summed E-state index contributed by atoms with van der Waals surface area (Å²) in [5, 5.41) is 0. The van der Waals surface area contributed by atoms with Gasteiger partial charge in [-0.25, -0.2) is 8.42 Å². The van der Waals surface area contributed by atoms with Gasteiger partial charge in [0.05, 0.1) is 10.9 Å². The molecular weight excluding hydrogens is 390 g/mol. The van der Waals surface area contributed by atoms with Crippen molar-refractivity contribution in [2.75, 3.05) is 6.54 Å². The highest BCUT2D eigenvalue weighted by Crippen LogP contribution is 2.35. The molecule has 0 N–H and O–H groups in total. The summed E-state index contributed by atoms with van der Waals surface area (Å²) < 4.78 is 28.8. The molecule has 0 aromatic heterocycles. The number of hydrogen-bond acceptors (Lipinski definition) is 2. The van der Waals surface area contributed by atoms with E-state index < -0.39 is 10.0 Å². The monoisotopic (exact) mass is 415 g/mol. The van der Waals surface area contributed by atoms with Crippen molar-refractivity contribution in [1.82, 2.24) is 4.31 Å². The second-order valence-electron chi connectivity index (χ2n) is 7.55. The molecule has 1 heterocycles. The van der Waals surface area contributed by atoms with Crippen LogP contribution in [0.15, 0.2) is 108 Å². The maximum atomic E-state index is 13.6. The summed E-state index contributed by atoms with van der Waals surface area (Å²) in [6, 6.07) is 26.8. The lowest BCUT2D eigenvalue weighted by Gasteiger charge is -2.34. The van der Waals surface area contributed by atoms with Crippen molar-refractivity contribution < 1.29 is 8.42 Å². The zero-order valence-corrected chi connectivity index (χ0v) is 17.8. The molecule has 0 bridgehead atoms. The summed E-state index contributed by atoms with van der Waals surface area (Å²) in [7, 11) is -3.63. The molecule has 1 unspecified atom stereocenters. The van der Waals surface area contributed by atoms with Crippen LogP contribution in [-0.4, -0.2) is 19.3 Å². The van der Waals surface area contributed by atoms with Crippen molar-refractivity contribution in [2.45, 2.75) is 24.3 Å². The minimum absolute atomic E-state index is 0.216. The Kier molecular flexibility index (Phi) is 5.98. The van der Waals surface area contributed by atoms with E-state index in [-0.39, 0.29) is 6.04 Å². The summed E-state index contributed by atoms with van der Waals surface area (Å²) in [6.07, 6.45) is 6.85. The minimum Gasteiger partial charge on any atom is -0.207 e. The van der Waals surface area contributed by atoms with Gasteiger partial charge < -0.3 is 0 Å². The smallest absolute Gasteiger partial charge is 0.207 e. The Morgan fingerprint density at radius 2 is 1.47 bits per heavy atom.